The minimum Gasteiger partial charge on any atom is -0.858 e. The Balaban J connectivity index is 3.34. The summed E-state index contributed by atoms with van der Waals surface area (Å²) >= 11 is 0. The Labute approximate surface area is 74.5 Å². The number of aryl methyl sites for hydroxylation is 1. The Morgan fingerprint density at radius 1 is 1.31 bits per heavy atom. The molecule has 0 bridgehead atoms. The molecule has 1 aromatic rings. The van der Waals surface area contributed by atoms with Gasteiger partial charge in [-0.2, -0.15) is 0 Å². The summed E-state index contributed by atoms with van der Waals surface area (Å²) in [6.07, 6.45) is 0. The second-order valence-corrected chi connectivity index (χ2v) is 2.59. The second kappa shape index (κ2) is 3.51. The number of rotatable bonds is 1. The van der Waals surface area contributed by atoms with Gasteiger partial charge in [0.1, 0.15) is 0 Å². The third-order valence-corrected chi connectivity index (χ3v) is 1.71. The maximum absolute atomic E-state index is 13.0. The summed E-state index contributed by atoms with van der Waals surface area (Å²) in [7, 11) is 1.24. The molecule has 0 atom stereocenters. The van der Waals surface area contributed by atoms with Gasteiger partial charge in [-0.15, -0.1) is 0 Å². The molecular weight excluding hydrogens is 176 g/mol. The van der Waals surface area contributed by atoms with Crippen LogP contribution in [0.5, 0.6) is 0 Å². The fourth-order valence-electron chi connectivity index (χ4n) is 0.932. The average Bonchev–Trinajstić information content (AvgIpc) is 2.13. The summed E-state index contributed by atoms with van der Waals surface area (Å²) < 4.78 is 26.0. The Kier molecular flexibility index (Phi) is 2.60. The number of hydrogen-bond acceptors (Lipinski definition) is 2. The zero-order chi connectivity index (χ0) is 10.0. The van der Waals surface area contributed by atoms with Gasteiger partial charge in [-0.25, -0.2) is 8.78 Å². The zero-order valence-electron chi connectivity index (χ0n) is 7.27. The van der Waals surface area contributed by atoms with Gasteiger partial charge in [0.05, 0.1) is 0 Å². The van der Waals surface area contributed by atoms with Crippen LogP contribution in [0.2, 0.25) is 0 Å². The maximum Gasteiger partial charge on any atom is 0.167 e. The van der Waals surface area contributed by atoms with Gasteiger partial charge < -0.3 is 10.1 Å². The van der Waals surface area contributed by atoms with Gasteiger partial charge in [0.25, 0.3) is 0 Å². The largest absolute Gasteiger partial charge is 0.858 e. The standard InChI is InChI=1S/C9H9F2NO/c1-5-3-4-6(9(13)12-2)8(11)7(5)10/h3-4H,1-2H3,(H,12,13)/p-1. The quantitative estimate of drug-likeness (QED) is 0.474. The Bertz CT molecular complexity index is 361. The van der Waals surface area contributed by atoms with Crippen LogP contribution in [0.4, 0.5) is 8.78 Å². The van der Waals surface area contributed by atoms with E-state index in [1.54, 1.807) is 0 Å². The predicted octanol–water partition coefficient (Wildman–Crippen LogP) is 1.01. The molecule has 13 heavy (non-hydrogen) atoms. The highest BCUT2D eigenvalue weighted by Gasteiger charge is 2.09. The summed E-state index contributed by atoms with van der Waals surface area (Å²) in [5.41, 5.74) is -0.157. The minimum atomic E-state index is -1.13. The Hall–Kier alpha value is -1.45. The first-order valence-corrected chi connectivity index (χ1v) is 3.66. The summed E-state index contributed by atoms with van der Waals surface area (Å²) in [6, 6.07) is 2.57. The summed E-state index contributed by atoms with van der Waals surface area (Å²) in [6.45, 7) is 1.43. The molecule has 0 unspecified atom stereocenters. The molecular formula is C9H8F2NO-. The van der Waals surface area contributed by atoms with E-state index in [0.29, 0.717) is 0 Å². The lowest BCUT2D eigenvalue weighted by atomic mass is 10.1. The van der Waals surface area contributed by atoms with Crippen molar-refractivity contribution in [2.75, 3.05) is 7.05 Å². The molecule has 1 aromatic carbocycles. The predicted molar refractivity (Wildman–Crippen MR) is 43.6 cm³/mol. The molecule has 1 rings (SSSR count). The minimum absolute atomic E-state index is 0.171. The van der Waals surface area contributed by atoms with Crippen LogP contribution in [-0.4, -0.2) is 12.9 Å². The van der Waals surface area contributed by atoms with E-state index in [1.807, 2.05) is 0 Å². The lowest BCUT2D eigenvalue weighted by Gasteiger charge is -2.11. The van der Waals surface area contributed by atoms with Crippen LogP contribution in [0.15, 0.2) is 17.1 Å². The second-order valence-electron chi connectivity index (χ2n) is 2.59. The molecule has 0 N–H and O–H groups in total. The van der Waals surface area contributed by atoms with E-state index in [2.05, 4.69) is 4.99 Å². The highest BCUT2D eigenvalue weighted by molar-refractivity contribution is 5.90. The molecule has 0 aliphatic heterocycles. The molecule has 0 amide bonds. The number of benzene rings is 1. The highest BCUT2D eigenvalue weighted by Crippen LogP contribution is 2.14. The topological polar surface area (TPSA) is 35.4 Å². The zero-order valence-corrected chi connectivity index (χ0v) is 7.27. The van der Waals surface area contributed by atoms with Gasteiger partial charge in [-0.3, -0.25) is 0 Å². The van der Waals surface area contributed by atoms with Gasteiger partial charge in [-0.05, 0) is 18.4 Å². The molecule has 0 fully saturated rings. The smallest absolute Gasteiger partial charge is 0.167 e. The maximum atomic E-state index is 13.0. The normalized spacial score (nSPS) is 11.8. The molecule has 0 aliphatic carbocycles. The van der Waals surface area contributed by atoms with Crippen LogP contribution in [0, 0.1) is 18.6 Å². The van der Waals surface area contributed by atoms with Gasteiger partial charge in [0.2, 0.25) is 0 Å². The fraction of sp³-hybridized carbons (Fsp3) is 0.222. The summed E-state index contributed by atoms with van der Waals surface area (Å²) in [5, 5.41) is 10.9. The van der Waals surface area contributed by atoms with Crippen LogP contribution >= 0.6 is 0 Å². The van der Waals surface area contributed by atoms with Crippen molar-refractivity contribution >= 4 is 5.90 Å². The van der Waals surface area contributed by atoms with Gasteiger partial charge in [0, 0.05) is 12.6 Å². The molecule has 70 valence electrons. The molecule has 0 saturated heterocycles. The van der Waals surface area contributed by atoms with E-state index in [1.165, 1.54) is 26.1 Å². The van der Waals surface area contributed by atoms with Crippen LogP contribution in [0.3, 0.4) is 0 Å². The van der Waals surface area contributed by atoms with E-state index in [4.69, 9.17) is 0 Å². The monoisotopic (exact) mass is 184 g/mol. The van der Waals surface area contributed by atoms with Crippen LogP contribution < -0.4 is 5.11 Å². The summed E-state index contributed by atoms with van der Waals surface area (Å²) in [5.74, 6) is -2.87. The van der Waals surface area contributed by atoms with Crippen LogP contribution in [-0.2, 0) is 0 Å². The van der Waals surface area contributed by atoms with E-state index >= 15 is 0 Å². The van der Waals surface area contributed by atoms with Crippen molar-refractivity contribution in [1.82, 2.24) is 0 Å². The van der Waals surface area contributed by atoms with Crippen molar-refractivity contribution in [2.24, 2.45) is 4.99 Å². The molecule has 0 spiro atoms. The van der Waals surface area contributed by atoms with E-state index in [0.717, 1.165) is 0 Å². The van der Waals surface area contributed by atoms with E-state index in [9.17, 15) is 13.9 Å². The van der Waals surface area contributed by atoms with Crippen molar-refractivity contribution in [3.63, 3.8) is 0 Å². The first kappa shape index (κ1) is 9.64. The molecule has 2 nitrogen and oxygen atoms in total. The van der Waals surface area contributed by atoms with Crippen molar-refractivity contribution in [2.45, 2.75) is 6.92 Å². The molecule has 0 radical (unpaired) electrons. The number of halogens is 2. The van der Waals surface area contributed by atoms with Gasteiger partial charge in [0.15, 0.2) is 11.6 Å². The third-order valence-electron chi connectivity index (χ3n) is 1.71. The molecule has 0 saturated carbocycles. The lowest BCUT2D eigenvalue weighted by Crippen LogP contribution is -2.20. The van der Waals surface area contributed by atoms with Gasteiger partial charge in [-0.1, -0.05) is 12.1 Å². The summed E-state index contributed by atoms with van der Waals surface area (Å²) in [4.78, 5) is 3.24. The number of nitrogens with zero attached hydrogens (tertiary/aromatic N) is 1. The fourth-order valence-corrected chi connectivity index (χ4v) is 0.932. The average molecular weight is 184 g/mol. The van der Waals surface area contributed by atoms with Gasteiger partial charge >= 0.3 is 0 Å². The van der Waals surface area contributed by atoms with Crippen molar-refractivity contribution < 1.29 is 13.9 Å². The number of aliphatic imine (C=N–C) groups is 1. The van der Waals surface area contributed by atoms with Crippen LogP contribution in [0.1, 0.15) is 11.1 Å². The Morgan fingerprint density at radius 3 is 2.46 bits per heavy atom. The van der Waals surface area contributed by atoms with E-state index in [-0.39, 0.29) is 11.1 Å². The number of hydrogen-bond donors (Lipinski definition) is 0. The highest BCUT2D eigenvalue weighted by atomic mass is 19.2. The van der Waals surface area contributed by atoms with Crippen molar-refractivity contribution in [3.8, 4) is 0 Å². The lowest BCUT2D eigenvalue weighted by molar-refractivity contribution is -0.213. The van der Waals surface area contributed by atoms with Crippen molar-refractivity contribution in [1.29, 1.82) is 0 Å². The first-order chi connectivity index (χ1) is 6.07. The first-order valence-electron chi connectivity index (χ1n) is 3.66. The SMILES string of the molecule is CN=C([O-])c1ccc(C)c(F)c1F. The molecule has 0 heterocycles. The van der Waals surface area contributed by atoms with Crippen molar-refractivity contribution in [3.05, 3.63) is 34.9 Å². The molecule has 0 aromatic heterocycles. The van der Waals surface area contributed by atoms with E-state index < -0.39 is 17.5 Å². The third kappa shape index (κ3) is 1.66. The molecule has 4 heteroatoms. The Morgan fingerprint density at radius 2 is 1.92 bits per heavy atom. The molecule has 0 aliphatic rings. The van der Waals surface area contributed by atoms with Crippen LogP contribution in [0.25, 0.3) is 0 Å².